The second kappa shape index (κ2) is 8.24. The summed E-state index contributed by atoms with van der Waals surface area (Å²) in [6.45, 7) is 2.37. The second-order valence-corrected chi connectivity index (χ2v) is 5.27. The number of nitrogens with one attached hydrogen (secondary N) is 3. The molecule has 1 aliphatic rings. The Balaban J connectivity index is 0.00000110. The molecular weight excluding hydrogens is 329 g/mol. The minimum atomic E-state index is 0. The van der Waals surface area contributed by atoms with Crippen LogP contribution in [-0.4, -0.2) is 19.0 Å². The lowest BCUT2D eigenvalue weighted by Crippen LogP contribution is -2.16. The molecule has 21 heavy (non-hydrogen) atoms. The van der Waals surface area contributed by atoms with Crippen LogP contribution < -0.4 is 15.4 Å². The highest BCUT2D eigenvalue weighted by Crippen LogP contribution is 2.24. The van der Waals surface area contributed by atoms with Crippen molar-refractivity contribution < 1.29 is 4.74 Å². The molecule has 0 atom stereocenters. The van der Waals surface area contributed by atoms with Gasteiger partial charge >= 0.3 is 0 Å². The van der Waals surface area contributed by atoms with Crippen molar-refractivity contribution >= 4 is 47.7 Å². The van der Waals surface area contributed by atoms with Gasteiger partial charge in [0.05, 0.1) is 4.88 Å². The number of thiophene rings is 1. The van der Waals surface area contributed by atoms with Crippen molar-refractivity contribution in [2.45, 2.75) is 6.54 Å². The SMILES string of the molecule is Cl.Cl.N=C(Nc1ccc2c(c1)CNCCO2)c1cccs1. The number of benzene rings is 1. The first-order valence-corrected chi connectivity index (χ1v) is 7.07. The van der Waals surface area contributed by atoms with Crippen molar-refractivity contribution in [3.8, 4) is 5.75 Å². The normalized spacial score (nSPS) is 12.8. The first-order chi connectivity index (χ1) is 9.33. The van der Waals surface area contributed by atoms with E-state index in [0.717, 1.165) is 35.0 Å². The van der Waals surface area contributed by atoms with Gasteiger partial charge in [0.1, 0.15) is 18.2 Å². The number of anilines is 1. The van der Waals surface area contributed by atoms with Crippen LogP contribution in [0.3, 0.4) is 0 Å². The number of rotatable bonds is 2. The van der Waals surface area contributed by atoms with Crippen LogP contribution in [0.4, 0.5) is 5.69 Å². The lowest BCUT2D eigenvalue weighted by atomic mass is 10.1. The fourth-order valence-electron chi connectivity index (χ4n) is 2.02. The third-order valence-electron chi connectivity index (χ3n) is 2.95. The zero-order valence-electron chi connectivity index (χ0n) is 11.2. The lowest BCUT2D eigenvalue weighted by molar-refractivity contribution is 0.326. The Labute approximate surface area is 140 Å². The largest absolute Gasteiger partial charge is 0.492 e. The van der Waals surface area contributed by atoms with E-state index in [1.807, 2.05) is 35.7 Å². The molecule has 0 bridgehead atoms. The van der Waals surface area contributed by atoms with Crippen LogP contribution in [0.1, 0.15) is 10.4 Å². The highest BCUT2D eigenvalue weighted by molar-refractivity contribution is 7.12. The predicted octanol–water partition coefficient (Wildman–Crippen LogP) is 3.51. The van der Waals surface area contributed by atoms with E-state index in [1.54, 1.807) is 11.3 Å². The summed E-state index contributed by atoms with van der Waals surface area (Å²) in [6, 6.07) is 9.84. The maximum absolute atomic E-state index is 8.02. The van der Waals surface area contributed by atoms with Crippen LogP contribution in [0.25, 0.3) is 0 Å². The average molecular weight is 346 g/mol. The van der Waals surface area contributed by atoms with Crippen LogP contribution >= 0.6 is 36.2 Å². The molecule has 4 nitrogen and oxygen atoms in total. The van der Waals surface area contributed by atoms with Gasteiger partial charge in [0.25, 0.3) is 0 Å². The predicted molar refractivity (Wildman–Crippen MR) is 92.9 cm³/mol. The first-order valence-electron chi connectivity index (χ1n) is 6.19. The molecule has 0 aliphatic carbocycles. The van der Waals surface area contributed by atoms with Crippen LogP contribution in [0.2, 0.25) is 0 Å². The molecule has 0 radical (unpaired) electrons. The molecule has 2 aromatic rings. The molecule has 0 spiro atoms. The van der Waals surface area contributed by atoms with E-state index >= 15 is 0 Å². The van der Waals surface area contributed by atoms with Crippen LogP contribution in [0.5, 0.6) is 5.75 Å². The fourth-order valence-corrected chi connectivity index (χ4v) is 2.65. The number of halogens is 2. The Morgan fingerprint density at radius 2 is 2.14 bits per heavy atom. The Bertz CT molecular complexity index is 590. The maximum atomic E-state index is 8.02. The quantitative estimate of drug-likeness (QED) is 0.576. The smallest absolute Gasteiger partial charge is 0.140 e. The summed E-state index contributed by atoms with van der Waals surface area (Å²) >= 11 is 1.56. The highest BCUT2D eigenvalue weighted by atomic mass is 35.5. The molecule has 3 N–H and O–H groups in total. The van der Waals surface area contributed by atoms with Gasteiger partial charge in [-0.3, -0.25) is 5.41 Å². The van der Waals surface area contributed by atoms with E-state index in [2.05, 4.69) is 10.6 Å². The van der Waals surface area contributed by atoms with Crippen molar-refractivity contribution in [2.75, 3.05) is 18.5 Å². The molecule has 114 valence electrons. The molecule has 0 amide bonds. The number of hydrogen-bond acceptors (Lipinski definition) is 4. The number of amidine groups is 1. The van der Waals surface area contributed by atoms with Crippen LogP contribution in [0, 0.1) is 5.41 Å². The minimum absolute atomic E-state index is 0. The molecule has 2 heterocycles. The number of fused-ring (bicyclic) bond motifs is 1. The maximum Gasteiger partial charge on any atom is 0.140 e. The van der Waals surface area contributed by atoms with Gasteiger partial charge in [-0.1, -0.05) is 6.07 Å². The Hall–Kier alpha value is -1.27. The molecule has 0 saturated heterocycles. The molecule has 1 aliphatic heterocycles. The summed E-state index contributed by atoms with van der Waals surface area (Å²) < 4.78 is 5.64. The minimum Gasteiger partial charge on any atom is -0.492 e. The van der Waals surface area contributed by atoms with Crippen molar-refractivity contribution in [2.24, 2.45) is 0 Å². The average Bonchev–Trinajstić information content (AvgIpc) is 2.85. The van der Waals surface area contributed by atoms with Gasteiger partial charge < -0.3 is 15.4 Å². The molecule has 0 unspecified atom stereocenters. The van der Waals surface area contributed by atoms with Crippen molar-refractivity contribution in [3.63, 3.8) is 0 Å². The molecule has 1 aromatic carbocycles. The first kappa shape index (κ1) is 17.8. The highest BCUT2D eigenvalue weighted by Gasteiger charge is 2.10. The Kier molecular flexibility index (Phi) is 6.98. The van der Waals surface area contributed by atoms with E-state index < -0.39 is 0 Å². The van der Waals surface area contributed by atoms with Crippen molar-refractivity contribution in [3.05, 3.63) is 46.2 Å². The Morgan fingerprint density at radius 3 is 2.90 bits per heavy atom. The summed E-state index contributed by atoms with van der Waals surface area (Å²) in [4.78, 5) is 0.935. The van der Waals surface area contributed by atoms with Gasteiger partial charge in [-0.15, -0.1) is 36.2 Å². The summed E-state index contributed by atoms with van der Waals surface area (Å²) in [5, 5.41) is 16.4. The van der Waals surface area contributed by atoms with Crippen LogP contribution in [-0.2, 0) is 6.54 Å². The number of hydrogen-bond donors (Lipinski definition) is 3. The standard InChI is InChI=1S/C14H15N3OS.2ClH/c15-14(13-2-1-7-19-13)17-11-3-4-12-10(8-11)9-16-5-6-18-12;;/h1-4,7-8,16H,5-6,9H2,(H2,15,17);2*1H. The Morgan fingerprint density at radius 1 is 1.29 bits per heavy atom. The molecule has 7 heteroatoms. The van der Waals surface area contributed by atoms with Crippen molar-refractivity contribution in [1.82, 2.24) is 5.32 Å². The van der Waals surface area contributed by atoms with Gasteiger partial charge in [0.15, 0.2) is 0 Å². The van der Waals surface area contributed by atoms with Crippen LogP contribution in [0.15, 0.2) is 35.7 Å². The second-order valence-electron chi connectivity index (χ2n) is 4.33. The fraction of sp³-hybridized carbons (Fsp3) is 0.214. The van der Waals surface area contributed by atoms with E-state index in [1.165, 1.54) is 0 Å². The van der Waals surface area contributed by atoms with E-state index in [-0.39, 0.29) is 24.8 Å². The monoisotopic (exact) mass is 345 g/mol. The van der Waals surface area contributed by atoms with Gasteiger partial charge in [-0.2, -0.15) is 0 Å². The summed E-state index contributed by atoms with van der Waals surface area (Å²) in [7, 11) is 0. The van der Waals surface area contributed by atoms with E-state index in [4.69, 9.17) is 10.1 Å². The summed E-state index contributed by atoms with van der Waals surface area (Å²) in [5.41, 5.74) is 2.05. The number of ether oxygens (including phenoxy) is 1. The summed E-state index contributed by atoms with van der Waals surface area (Å²) in [6.07, 6.45) is 0. The van der Waals surface area contributed by atoms with Gasteiger partial charge in [-0.05, 0) is 29.6 Å². The van der Waals surface area contributed by atoms with Gasteiger partial charge in [-0.25, -0.2) is 0 Å². The molecule has 3 rings (SSSR count). The van der Waals surface area contributed by atoms with Crippen molar-refractivity contribution in [1.29, 1.82) is 5.41 Å². The van der Waals surface area contributed by atoms with E-state index in [0.29, 0.717) is 12.4 Å². The van der Waals surface area contributed by atoms with Gasteiger partial charge in [0.2, 0.25) is 0 Å². The summed E-state index contributed by atoms with van der Waals surface area (Å²) in [5.74, 6) is 1.36. The molecule has 0 saturated carbocycles. The third kappa shape index (κ3) is 4.35. The molecule has 1 aromatic heterocycles. The van der Waals surface area contributed by atoms with Gasteiger partial charge in [0, 0.05) is 24.3 Å². The zero-order valence-corrected chi connectivity index (χ0v) is 13.7. The third-order valence-corrected chi connectivity index (χ3v) is 3.84. The molecular formula is C14H17Cl2N3OS. The zero-order chi connectivity index (χ0) is 13.1. The molecule has 0 fully saturated rings. The van der Waals surface area contributed by atoms with E-state index in [9.17, 15) is 0 Å². The topological polar surface area (TPSA) is 57.1 Å². The lowest BCUT2D eigenvalue weighted by Gasteiger charge is -2.11.